The van der Waals surface area contributed by atoms with Crippen LogP contribution in [0.2, 0.25) is 0 Å². The van der Waals surface area contributed by atoms with Gasteiger partial charge in [0.05, 0.1) is 17.0 Å². The van der Waals surface area contributed by atoms with Crippen molar-refractivity contribution in [3.05, 3.63) is 64.2 Å². The highest BCUT2D eigenvalue weighted by Gasteiger charge is 2.13. The number of hydrogen-bond acceptors (Lipinski definition) is 7. The Morgan fingerprint density at radius 1 is 1.06 bits per heavy atom. The van der Waals surface area contributed by atoms with Crippen molar-refractivity contribution in [1.82, 2.24) is 0 Å². The summed E-state index contributed by atoms with van der Waals surface area (Å²) >= 11 is 0. The number of fused-ring (bicyclic) bond motifs is 2. The molecule has 2 heterocycles. The van der Waals surface area contributed by atoms with E-state index in [-0.39, 0.29) is 12.1 Å². The molecule has 0 amide bonds. The number of esters is 1. The van der Waals surface area contributed by atoms with Crippen molar-refractivity contribution in [2.24, 2.45) is 0 Å². The van der Waals surface area contributed by atoms with Crippen LogP contribution in [0.3, 0.4) is 0 Å². The minimum absolute atomic E-state index is 0.304. The monoisotopic (exact) mass is 456 g/mol. The topological polar surface area (TPSA) is 116 Å². The summed E-state index contributed by atoms with van der Waals surface area (Å²) in [6, 6.07) is 6.55. The zero-order valence-electron chi connectivity index (χ0n) is 19.3. The average molecular weight is 456 g/mol. The number of carbonyl (C=O) groups excluding carboxylic acids is 1. The second kappa shape index (κ2) is 11.7. The standard InChI is InChI=1S/C23H24O6.C2H4O2/c1-14(2)11-17(28-16(4)24)12-15(3)7-9-27-23-18-5-6-22(25)29-21(18)13-20-19(23)8-10-26-20;1-2(3)4/h5-8,10-11,13,17H,9,12H2,1-4H3;1H3,(H,3,4)/b15-7+;. The Hall–Kier alpha value is -3.81. The van der Waals surface area contributed by atoms with Gasteiger partial charge >= 0.3 is 11.6 Å². The molecule has 8 heteroatoms. The number of carboxylic acid groups (broad SMARTS) is 1. The fourth-order valence-electron chi connectivity index (χ4n) is 3.15. The van der Waals surface area contributed by atoms with Gasteiger partial charge in [0.1, 0.15) is 29.6 Å². The average Bonchev–Trinajstić information content (AvgIpc) is 3.13. The molecule has 1 N–H and O–H groups in total. The van der Waals surface area contributed by atoms with Gasteiger partial charge in [0.15, 0.2) is 0 Å². The molecule has 0 aliphatic carbocycles. The molecule has 0 saturated heterocycles. The number of aliphatic carboxylic acids is 1. The zero-order valence-corrected chi connectivity index (χ0v) is 19.3. The summed E-state index contributed by atoms with van der Waals surface area (Å²) in [5.74, 6) is -0.545. The number of hydrogen-bond donors (Lipinski definition) is 1. The lowest BCUT2D eigenvalue weighted by molar-refractivity contribution is -0.144. The largest absolute Gasteiger partial charge is 0.488 e. The summed E-state index contributed by atoms with van der Waals surface area (Å²) in [7, 11) is 0. The van der Waals surface area contributed by atoms with E-state index in [2.05, 4.69) is 0 Å². The first-order valence-corrected chi connectivity index (χ1v) is 10.3. The second-order valence-corrected chi connectivity index (χ2v) is 7.68. The van der Waals surface area contributed by atoms with Gasteiger partial charge in [-0.05, 0) is 45.1 Å². The van der Waals surface area contributed by atoms with E-state index >= 15 is 0 Å². The van der Waals surface area contributed by atoms with E-state index in [4.69, 9.17) is 28.2 Å². The predicted molar refractivity (Wildman–Crippen MR) is 124 cm³/mol. The van der Waals surface area contributed by atoms with Gasteiger partial charge in [0.25, 0.3) is 5.97 Å². The molecule has 3 rings (SSSR count). The van der Waals surface area contributed by atoms with Crippen molar-refractivity contribution in [2.45, 2.75) is 47.1 Å². The first-order valence-electron chi connectivity index (χ1n) is 10.3. The summed E-state index contributed by atoms with van der Waals surface area (Å²) < 4.78 is 22.1. The maximum atomic E-state index is 11.5. The molecule has 1 aromatic carbocycles. The van der Waals surface area contributed by atoms with E-state index in [0.717, 1.165) is 23.5 Å². The lowest BCUT2D eigenvalue weighted by Crippen LogP contribution is -2.14. The highest BCUT2D eigenvalue weighted by atomic mass is 16.5. The summed E-state index contributed by atoms with van der Waals surface area (Å²) in [6.07, 6.45) is 5.72. The van der Waals surface area contributed by atoms with Crippen LogP contribution in [0.5, 0.6) is 5.75 Å². The normalized spacial score (nSPS) is 12.0. The van der Waals surface area contributed by atoms with Gasteiger partial charge in [0.2, 0.25) is 0 Å². The van der Waals surface area contributed by atoms with Crippen molar-refractivity contribution in [3.63, 3.8) is 0 Å². The van der Waals surface area contributed by atoms with E-state index < -0.39 is 11.6 Å². The number of carboxylic acids is 1. The molecule has 0 radical (unpaired) electrons. The van der Waals surface area contributed by atoms with Crippen LogP contribution in [0.15, 0.2) is 67.5 Å². The minimum Gasteiger partial charge on any atom is -0.488 e. The van der Waals surface area contributed by atoms with Crippen LogP contribution in [0.25, 0.3) is 21.9 Å². The molecule has 0 bridgehead atoms. The minimum atomic E-state index is -0.833. The van der Waals surface area contributed by atoms with Crippen LogP contribution < -0.4 is 10.4 Å². The quantitative estimate of drug-likeness (QED) is 0.291. The number of ether oxygens (including phenoxy) is 2. The Morgan fingerprint density at radius 2 is 1.73 bits per heavy atom. The second-order valence-electron chi connectivity index (χ2n) is 7.68. The molecule has 0 spiro atoms. The Kier molecular flexibility index (Phi) is 9.03. The van der Waals surface area contributed by atoms with Gasteiger partial charge in [-0.3, -0.25) is 9.59 Å². The Labute approximate surface area is 191 Å². The highest BCUT2D eigenvalue weighted by Crippen LogP contribution is 2.35. The van der Waals surface area contributed by atoms with Crippen LogP contribution in [0, 0.1) is 0 Å². The number of allylic oxidation sites excluding steroid dienone is 1. The van der Waals surface area contributed by atoms with Crippen LogP contribution in [-0.4, -0.2) is 29.8 Å². The van der Waals surface area contributed by atoms with E-state index in [0.29, 0.717) is 35.3 Å². The molecule has 3 aromatic rings. The molecule has 176 valence electrons. The molecule has 2 aromatic heterocycles. The van der Waals surface area contributed by atoms with Crippen LogP contribution >= 0.6 is 0 Å². The van der Waals surface area contributed by atoms with Gasteiger partial charge in [-0.15, -0.1) is 0 Å². The first-order chi connectivity index (χ1) is 15.6. The Balaban J connectivity index is 0.000000890. The fraction of sp³-hybridized carbons (Fsp3) is 0.320. The molecule has 8 nitrogen and oxygen atoms in total. The Morgan fingerprint density at radius 3 is 2.36 bits per heavy atom. The number of carbonyl (C=O) groups is 2. The number of rotatable bonds is 7. The molecule has 0 aliphatic rings. The van der Waals surface area contributed by atoms with Crippen molar-refractivity contribution in [2.75, 3.05) is 6.61 Å². The third-order valence-corrected chi connectivity index (χ3v) is 4.33. The zero-order chi connectivity index (χ0) is 24.5. The molecule has 0 saturated carbocycles. The number of benzene rings is 1. The highest BCUT2D eigenvalue weighted by molar-refractivity contribution is 6.01. The third-order valence-electron chi connectivity index (χ3n) is 4.33. The molecule has 0 aliphatic heterocycles. The van der Waals surface area contributed by atoms with E-state index in [1.807, 2.05) is 39.0 Å². The molecule has 33 heavy (non-hydrogen) atoms. The van der Waals surface area contributed by atoms with E-state index in [9.17, 15) is 9.59 Å². The fourth-order valence-corrected chi connectivity index (χ4v) is 3.15. The van der Waals surface area contributed by atoms with Gasteiger partial charge in [-0.1, -0.05) is 11.1 Å². The third kappa shape index (κ3) is 7.99. The molecule has 0 fully saturated rings. The summed E-state index contributed by atoms with van der Waals surface area (Å²) in [5, 5.41) is 8.92. The summed E-state index contributed by atoms with van der Waals surface area (Å²) in [4.78, 5) is 31.9. The summed E-state index contributed by atoms with van der Waals surface area (Å²) in [6.45, 7) is 8.70. The molecular weight excluding hydrogens is 428 g/mol. The number of furan rings is 1. The molecular formula is C25H28O8. The lowest BCUT2D eigenvalue weighted by Gasteiger charge is -2.15. The maximum Gasteiger partial charge on any atom is 0.336 e. The van der Waals surface area contributed by atoms with Gasteiger partial charge in [-0.2, -0.15) is 0 Å². The maximum absolute atomic E-state index is 11.5. The summed E-state index contributed by atoms with van der Waals surface area (Å²) in [5.41, 5.74) is 2.68. The predicted octanol–water partition coefficient (Wildman–Crippen LogP) is 5.24. The Bertz CT molecular complexity index is 1230. The van der Waals surface area contributed by atoms with Crippen molar-refractivity contribution in [1.29, 1.82) is 0 Å². The SMILES string of the molecule is CC(=O)O.CC(=O)OC(C=C(C)C)C/C(C)=C/COc1c2ccoc2cc2oc(=O)ccc12. The van der Waals surface area contributed by atoms with E-state index in [1.54, 1.807) is 18.4 Å². The van der Waals surface area contributed by atoms with Crippen LogP contribution in [0.4, 0.5) is 0 Å². The van der Waals surface area contributed by atoms with Crippen LogP contribution in [-0.2, 0) is 14.3 Å². The first kappa shape index (κ1) is 25.5. The van der Waals surface area contributed by atoms with Crippen molar-refractivity contribution in [3.8, 4) is 5.75 Å². The van der Waals surface area contributed by atoms with E-state index in [1.165, 1.54) is 13.0 Å². The smallest absolute Gasteiger partial charge is 0.336 e. The van der Waals surface area contributed by atoms with Gasteiger partial charge in [-0.25, -0.2) is 4.79 Å². The van der Waals surface area contributed by atoms with Crippen molar-refractivity contribution >= 4 is 33.9 Å². The molecule has 1 unspecified atom stereocenters. The van der Waals surface area contributed by atoms with Crippen LogP contribution in [0.1, 0.15) is 41.0 Å². The van der Waals surface area contributed by atoms with Gasteiger partial charge in [0, 0.05) is 32.4 Å². The lowest BCUT2D eigenvalue weighted by atomic mass is 10.1. The van der Waals surface area contributed by atoms with Crippen molar-refractivity contribution < 1.29 is 33.0 Å². The van der Waals surface area contributed by atoms with Gasteiger partial charge < -0.3 is 23.4 Å². The molecule has 1 atom stereocenters.